The van der Waals surface area contributed by atoms with E-state index in [1.807, 2.05) is 6.92 Å². The summed E-state index contributed by atoms with van der Waals surface area (Å²) in [5, 5.41) is 15.2. The van der Waals surface area contributed by atoms with Crippen LogP contribution in [0.15, 0.2) is 10.6 Å². The van der Waals surface area contributed by atoms with Crippen LogP contribution in [0, 0.1) is 11.3 Å². The first kappa shape index (κ1) is 13.0. The Morgan fingerprint density at radius 1 is 1.76 bits per heavy atom. The number of ether oxygens (including phenoxy) is 1. The topological polar surface area (TPSA) is 88.2 Å². The zero-order valence-corrected chi connectivity index (χ0v) is 10.1. The van der Waals surface area contributed by atoms with Gasteiger partial charge >= 0.3 is 0 Å². The molecular weight excluding hydrogens is 222 g/mol. The second kappa shape index (κ2) is 5.34. The fraction of sp³-hybridized carbons (Fsp3) is 0.545. The fourth-order valence-corrected chi connectivity index (χ4v) is 1.42. The molecule has 0 aliphatic heterocycles. The molecule has 0 saturated carbocycles. The van der Waals surface area contributed by atoms with Crippen molar-refractivity contribution in [2.24, 2.45) is 0 Å². The van der Waals surface area contributed by atoms with Gasteiger partial charge in [0.05, 0.1) is 19.2 Å². The van der Waals surface area contributed by atoms with Crippen LogP contribution >= 0.6 is 0 Å². The number of aromatic nitrogens is 1. The molecule has 1 amide bonds. The SMILES string of the molecule is CCC[C@](C)(C#N)NC(=O)c1cc(OC)no1. The fourth-order valence-electron chi connectivity index (χ4n) is 1.42. The van der Waals surface area contributed by atoms with Gasteiger partial charge in [0.15, 0.2) is 0 Å². The molecule has 0 fully saturated rings. The van der Waals surface area contributed by atoms with Gasteiger partial charge in [-0.15, -0.1) is 0 Å². The maximum atomic E-state index is 11.8. The number of hydrogen-bond donors (Lipinski definition) is 1. The highest BCUT2D eigenvalue weighted by Gasteiger charge is 2.27. The number of rotatable bonds is 5. The van der Waals surface area contributed by atoms with Crippen molar-refractivity contribution in [2.75, 3.05) is 7.11 Å². The molecule has 0 bridgehead atoms. The summed E-state index contributed by atoms with van der Waals surface area (Å²) in [7, 11) is 1.43. The zero-order valence-electron chi connectivity index (χ0n) is 10.1. The van der Waals surface area contributed by atoms with Crippen LogP contribution in [0.25, 0.3) is 0 Å². The first-order valence-corrected chi connectivity index (χ1v) is 5.29. The molecule has 0 saturated heterocycles. The molecule has 0 spiro atoms. The minimum atomic E-state index is -0.897. The molecule has 1 aromatic heterocycles. The molecule has 6 nitrogen and oxygen atoms in total. The smallest absolute Gasteiger partial charge is 0.291 e. The predicted molar refractivity (Wildman–Crippen MR) is 59.4 cm³/mol. The number of carbonyl (C=O) groups is 1. The minimum Gasteiger partial charge on any atom is -0.479 e. The van der Waals surface area contributed by atoms with Crippen LogP contribution in [0.5, 0.6) is 5.88 Å². The third-order valence-electron chi connectivity index (χ3n) is 2.31. The lowest BCUT2D eigenvalue weighted by molar-refractivity contribution is 0.0883. The standard InChI is InChI=1S/C11H15N3O3/c1-4-5-11(2,7-12)13-10(15)8-6-9(16-3)14-17-8/h6H,4-5H2,1-3H3,(H,13,15)/t11-/m1/s1. The number of nitriles is 1. The average Bonchev–Trinajstić information content (AvgIpc) is 2.78. The normalized spacial score (nSPS) is 13.5. The molecule has 1 N–H and O–H groups in total. The number of amides is 1. The maximum Gasteiger partial charge on any atom is 0.291 e. The molecule has 0 aromatic carbocycles. The Labute approximate surface area is 99.5 Å². The molecule has 1 atom stereocenters. The Bertz CT molecular complexity index is 435. The molecule has 17 heavy (non-hydrogen) atoms. The summed E-state index contributed by atoms with van der Waals surface area (Å²) in [6.07, 6.45) is 1.37. The van der Waals surface area contributed by atoms with Gasteiger partial charge in [0, 0.05) is 0 Å². The number of nitrogens with one attached hydrogen (secondary N) is 1. The van der Waals surface area contributed by atoms with Gasteiger partial charge in [0.2, 0.25) is 5.76 Å². The minimum absolute atomic E-state index is 0.0272. The summed E-state index contributed by atoms with van der Waals surface area (Å²) < 4.78 is 9.59. The van der Waals surface area contributed by atoms with Crippen molar-refractivity contribution in [2.45, 2.75) is 32.2 Å². The molecule has 1 rings (SSSR count). The summed E-state index contributed by atoms with van der Waals surface area (Å²) in [4.78, 5) is 11.8. The van der Waals surface area contributed by atoms with E-state index in [2.05, 4.69) is 16.5 Å². The van der Waals surface area contributed by atoms with Gasteiger partial charge in [-0.3, -0.25) is 4.79 Å². The molecule has 1 aromatic rings. The lowest BCUT2D eigenvalue weighted by Crippen LogP contribution is -2.44. The van der Waals surface area contributed by atoms with E-state index in [9.17, 15) is 4.79 Å². The summed E-state index contributed by atoms with van der Waals surface area (Å²) in [5.41, 5.74) is -0.897. The van der Waals surface area contributed by atoms with Crippen molar-refractivity contribution in [3.8, 4) is 11.9 Å². The van der Waals surface area contributed by atoms with Crippen LogP contribution in [-0.4, -0.2) is 23.7 Å². The van der Waals surface area contributed by atoms with Gasteiger partial charge in [-0.1, -0.05) is 13.3 Å². The van der Waals surface area contributed by atoms with Crippen LogP contribution in [0.4, 0.5) is 0 Å². The van der Waals surface area contributed by atoms with Gasteiger partial charge < -0.3 is 14.6 Å². The summed E-state index contributed by atoms with van der Waals surface area (Å²) in [6.45, 7) is 3.61. The Hall–Kier alpha value is -2.03. The molecule has 0 aliphatic rings. The quantitative estimate of drug-likeness (QED) is 0.838. The summed E-state index contributed by atoms with van der Waals surface area (Å²) in [5.74, 6) is -0.220. The van der Waals surface area contributed by atoms with E-state index in [0.29, 0.717) is 6.42 Å². The molecule has 0 radical (unpaired) electrons. The van der Waals surface area contributed by atoms with E-state index in [0.717, 1.165) is 6.42 Å². The number of carbonyl (C=O) groups excluding carboxylic acids is 1. The maximum absolute atomic E-state index is 11.8. The van der Waals surface area contributed by atoms with Crippen LogP contribution in [0.3, 0.4) is 0 Å². The van der Waals surface area contributed by atoms with E-state index >= 15 is 0 Å². The van der Waals surface area contributed by atoms with Crippen molar-refractivity contribution in [1.29, 1.82) is 5.26 Å². The second-order valence-electron chi connectivity index (χ2n) is 3.88. The van der Waals surface area contributed by atoms with Crippen molar-refractivity contribution in [3.05, 3.63) is 11.8 Å². The van der Waals surface area contributed by atoms with Crippen molar-refractivity contribution < 1.29 is 14.1 Å². The van der Waals surface area contributed by atoms with Gasteiger partial charge in [-0.2, -0.15) is 5.26 Å². The summed E-state index contributed by atoms with van der Waals surface area (Å²) >= 11 is 0. The molecule has 6 heteroatoms. The van der Waals surface area contributed by atoms with E-state index in [4.69, 9.17) is 14.5 Å². The lowest BCUT2D eigenvalue weighted by Gasteiger charge is -2.21. The average molecular weight is 237 g/mol. The van der Waals surface area contributed by atoms with E-state index < -0.39 is 11.4 Å². The first-order chi connectivity index (χ1) is 8.04. The number of hydrogen-bond acceptors (Lipinski definition) is 5. The highest BCUT2D eigenvalue weighted by molar-refractivity contribution is 5.92. The highest BCUT2D eigenvalue weighted by Crippen LogP contribution is 2.14. The largest absolute Gasteiger partial charge is 0.479 e. The Morgan fingerprint density at radius 3 is 2.94 bits per heavy atom. The van der Waals surface area contributed by atoms with E-state index in [1.54, 1.807) is 6.92 Å². The molecular formula is C11H15N3O3. The zero-order chi connectivity index (χ0) is 12.9. The van der Waals surface area contributed by atoms with Gasteiger partial charge in [-0.05, 0) is 18.5 Å². The predicted octanol–water partition coefficient (Wildman–Crippen LogP) is 1.50. The molecule has 0 unspecified atom stereocenters. The third kappa shape index (κ3) is 3.21. The first-order valence-electron chi connectivity index (χ1n) is 5.29. The van der Waals surface area contributed by atoms with E-state index in [1.165, 1.54) is 13.2 Å². The Kier molecular flexibility index (Phi) is 4.10. The van der Waals surface area contributed by atoms with Crippen molar-refractivity contribution in [1.82, 2.24) is 10.5 Å². The van der Waals surface area contributed by atoms with Crippen LogP contribution in [0.2, 0.25) is 0 Å². The number of nitrogens with zero attached hydrogens (tertiary/aromatic N) is 2. The highest BCUT2D eigenvalue weighted by atomic mass is 16.5. The Balaban J connectivity index is 2.74. The van der Waals surface area contributed by atoms with Crippen LogP contribution < -0.4 is 10.1 Å². The lowest BCUT2D eigenvalue weighted by atomic mass is 9.98. The van der Waals surface area contributed by atoms with Gasteiger partial charge in [0.25, 0.3) is 11.8 Å². The van der Waals surface area contributed by atoms with Gasteiger partial charge in [0.1, 0.15) is 5.54 Å². The van der Waals surface area contributed by atoms with Crippen LogP contribution in [0.1, 0.15) is 37.2 Å². The number of methoxy groups -OCH3 is 1. The monoisotopic (exact) mass is 237 g/mol. The molecule has 1 heterocycles. The third-order valence-corrected chi connectivity index (χ3v) is 2.31. The van der Waals surface area contributed by atoms with Gasteiger partial charge in [-0.25, -0.2) is 0 Å². The molecule has 0 aliphatic carbocycles. The van der Waals surface area contributed by atoms with E-state index in [-0.39, 0.29) is 11.6 Å². The summed E-state index contributed by atoms with van der Waals surface area (Å²) in [6, 6.07) is 3.45. The van der Waals surface area contributed by atoms with Crippen LogP contribution in [-0.2, 0) is 0 Å². The molecule has 92 valence electrons. The van der Waals surface area contributed by atoms with Crippen molar-refractivity contribution >= 4 is 5.91 Å². The Morgan fingerprint density at radius 2 is 2.47 bits per heavy atom. The second-order valence-corrected chi connectivity index (χ2v) is 3.88. The van der Waals surface area contributed by atoms with Crippen molar-refractivity contribution in [3.63, 3.8) is 0 Å².